The quantitative estimate of drug-likeness (QED) is 0.642. The van der Waals surface area contributed by atoms with Crippen LogP contribution in [0.25, 0.3) is 0 Å². The van der Waals surface area contributed by atoms with Gasteiger partial charge in [-0.2, -0.15) is 0 Å². The van der Waals surface area contributed by atoms with Crippen LogP contribution in [0.15, 0.2) is 24.3 Å². The zero-order valence-electron chi connectivity index (χ0n) is 14.7. The number of esters is 1. The molecule has 0 unspecified atom stereocenters. The molecule has 2 amide bonds. The lowest BCUT2D eigenvalue weighted by atomic mass is 10.1. The summed E-state index contributed by atoms with van der Waals surface area (Å²) in [5.74, 6) is -0.551. The van der Waals surface area contributed by atoms with E-state index >= 15 is 0 Å². The average Bonchev–Trinajstić information content (AvgIpc) is 2.58. The van der Waals surface area contributed by atoms with Gasteiger partial charge in [0, 0.05) is 38.0 Å². The van der Waals surface area contributed by atoms with E-state index in [0.717, 1.165) is 12.0 Å². The van der Waals surface area contributed by atoms with Crippen LogP contribution in [0.2, 0.25) is 5.02 Å². The molecule has 138 valence electrons. The summed E-state index contributed by atoms with van der Waals surface area (Å²) in [6.07, 6.45) is 2.00. The fraction of sp³-hybridized carbons (Fsp3) is 0.500. The molecule has 0 spiro atoms. The van der Waals surface area contributed by atoms with Gasteiger partial charge in [-0.05, 0) is 30.5 Å². The first-order valence-corrected chi connectivity index (χ1v) is 8.63. The van der Waals surface area contributed by atoms with Crippen LogP contribution in [-0.2, 0) is 25.5 Å². The second-order valence-electron chi connectivity index (χ2n) is 5.67. The maximum atomic E-state index is 12.4. The van der Waals surface area contributed by atoms with Crippen LogP contribution in [0.5, 0.6) is 0 Å². The molecule has 0 radical (unpaired) electrons. The maximum absolute atomic E-state index is 12.4. The fourth-order valence-electron chi connectivity index (χ4n) is 2.31. The predicted molar refractivity (Wildman–Crippen MR) is 96.3 cm³/mol. The summed E-state index contributed by atoms with van der Waals surface area (Å²) in [6.45, 7) is 2.44. The molecule has 0 aliphatic rings. The summed E-state index contributed by atoms with van der Waals surface area (Å²) in [5, 5.41) is 3.35. The Morgan fingerprint density at radius 1 is 1.12 bits per heavy atom. The largest absolute Gasteiger partial charge is 0.469 e. The molecule has 0 fully saturated rings. The minimum absolute atomic E-state index is 0.0387. The monoisotopic (exact) mass is 368 g/mol. The van der Waals surface area contributed by atoms with E-state index in [1.54, 1.807) is 4.90 Å². The fourth-order valence-corrected chi connectivity index (χ4v) is 2.44. The van der Waals surface area contributed by atoms with Crippen LogP contribution in [0, 0.1) is 0 Å². The van der Waals surface area contributed by atoms with Gasteiger partial charge in [0.25, 0.3) is 0 Å². The second kappa shape index (κ2) is 11.5. The molecular formula is C18H25ClN2O4. The van der Waals surface area contributed by atoms with Gasteiger partial charge in [0.05, 0.1) is 13.5 Å². The molecule has 25 heavy (non-hydrogen) atoms. The third-order valence-corrected chi connectivity index (χ3v) is 3.94. The number of amides is 2. The zero-order chi connectivity index (χ0) is 18.7. The number of hydrogen-bond acceptors (Lipinski definition) is 4. The molecule has 0 aliphatic carbocycles. The van der Waals surface area contributed by atoms with Gasteiger partial charge in [0.2, 0.25) is 11.8 Å². The molecule has 0 saturated heterocycles. The van der Waals surface area contributed by atoms with Crippen LogP contribution >= 0.6 is 11.6 Å². The van der Waals surface area contributed by atoms with Crippen LogP contribution < -0.4 is 5.32 Å². The maximum Gasteiger partial charge on any atom is 0.307 e. The van der Waals surface area contributed by atoms with Crippen molar-refractivity contribution in [3.05, 3.63) is 34.9 Å². The Balaban J connectivity index is 2.46. The summed E-state index contributed by atoms with van der Waals surface area (Å²) in [6, 6.07) is 7.54. The van der Waals surface area contributed by atoms with E-state index in [4.69, 9.17) is 11.6 Å². The van der Waals surface area contributed by atoms with E-state index in [9.17, 15) is 14.4 Å². The number of nitrogens with zero attached hydrogens (tertiary/aromatic N) is 1. The van der Waals surface area contributed by atoms with Gasteiger partial charge in [-0.25, -0.2) is 0 Å². The molecule has 1 aromatic rings. The molecule has 0 bridgehead atoms. The molecule has 0 aromatic heterocycles. The first-order chi connectivity index (χ1) is 11.9. The van der Waals surface area contributed by atoms with E-state index in [2.05, 4.69) is 10.1 Å². The van der Waals surface area contributed by atoms with Crippen LogP contribution in [-0.4, -0.2) is 49.4 Å². The first kappa shape index (κ1) is 21.0. The highest BCUT2D eigenvalue weighted by Gasteiger charge is 2.15. The Labute approximate surface area is 153 Å². The zero-order valence-corrected chi connectivity index (χ0v) is 15.5. The van der Waals surface area contributed by atoms with Gasteiger partial charge in [-0.1, -0.05) is 23.7 Å². The van der Waals surface area contributed by atoms with Gasteiger partial charge < -0.3 is 15.0 Å². The van der Waals surface area contributed by atoms with E-state index in [1.807, 2.05) is 24.3 Å². The third kappa shape index (κ3) is 9.10. The normalized spacial score (nSPS) is 10.2. The lowest BCUT2D eigenvalue weighted by Crippen LogP contribution is -2.39. The van der Waals surface area contributed by atoms with Crippen molar-refractivity contribution < 1.29 is 19.1 Å². The number of hydrogen-bond donors (Lipinski definition) is 1. The number of ether oxygens (including phenoxy) is 1. The molecule has 1 N–H and O–H groups in total. The van der Waals surface area contributed by atoms with Gasteiger partial charge in [0.15, 0.2) is 0 Å². The number of rotatable bonds is 10. The number of methoxy groups -OCH3 is 1. The summed E-state index contributed by atoms with van der Waals surface area (Å²) in [7, 11) is 1.32. The van der Waals surface area contributed by atoms with Crippen molar-refractivity contribution in [2.24, 2.45) is 0 Å². The highest BCUT2D eigenvalue weighted by molar-refractivity contribution is 6.30. The molecule has 0 aliphatic heterocycles. The van der Waals surface area contributed by atoms with E-state index < -0.39 is 0 Å². The molecule has 0 atom stereocenters. The van der Waals surface area contributed by atoms with E-state index in [1.165, 1.54) is 14.0 Å². The van der Waals surface area contributed by atoms with Crippen molar-refractivity contribution in [2.45, 2.75) is 32.6 Å². The van der Waals surface area contributed by atoms with Crippen molar-refractivity contribution in [3.8, 4) is 0 Å². The van der Waals surface area contributed by atoms with Gasteiger partial charge >= 0.3 is 5.97 Å². The summed E-state index contributed by atoms with van der Waals surface area (Å²) in [4.78, 5) is 36.3. The molecule has 0 saturated carbocycles. The molecule has 6 nitrogen and oxygen atoms in total. The minimum atomic E-state index is -0.363. The van der Waals surface area contributed by atoms with Crippen molar-refractivity contribution in [1.29, 1.82) is 0 Å². The van der Waals surface area contributed by atoms with Crippen molar-refractivity contribution >= 4 is 29.4 Å². The third-order valence-electron chi connectivity index (χ3n) is 3.69. The standard InChI is InChI=1S/C18H25ClN2O4/c1-14(22)20-11-13-21(12-10-18(24)25-2)17(23)5-3-4-15-6-8-16(19)9-7-15/h6-9H,3-5,10-13H2,1-2H3,(H,20,22). The molecular weight excluding hydrogens is 344 g/mol. The lowest BCUT2D eigenvalue weighted by Gasteiger charge is -2.22. The van der Waals surface area contributed by atoms with Crippen molar-refractivity contribution in [1.82, 2.24) is 10.2 Å². The van der Waals surface area contributed by atoms with Crippen LogP contribution in [0.3, 0.4) is 0 Å². The smallest absolute Gasteiger partial charge is 0.307 e. The summed E-state index contributed by atoms with van der Waals surface area (Å²) in [5.41, 5.74) is 1.12. The lowest BCUT2D eigenvalue weighted by molar-refractivity contribution is -0.142. The van der Waals surface area contributed by atoms with E-state index in [-0.39, 0.29) is 30.7 Å². The number of benzene rings is 1. The number of halogens is 1. The minimum Gasteiger partial charge on any atom is -0.469 e. The number of aryl methyl sites for hydroxylation is 1. The van der Waals surface area contributed by atoms with E-state index in [0.29, 0.717) is 31.0 Å². The SMILES string of the molecule is COC(=O)CCN(CCNC(C)=O)C(=O)CCCc1ccc(Cl)cc1. The molecule has 1 aromatic carbocycles. The Morgan fingerprint density at radius 3 is 2.40 bits per heavy atom. The Kier molecular flexibility index (Phi) is 9.62. The van der Waals surface area contributed by atoms with Gasteiger partial charge in [-0.3, -0.25) is 14.4 Å². The van der Waals surface area contributed by atoms with Crippen LogP contribution in [0.4, 0.5) is 0 Å². The highest BCUT2D eigenvalue weighted by Crippen LogP contribution is 2.12. The summed E-state index contributed by atoms with van der Waals surface area (Å²) >= 11 is 5.85. The Hall–Kier alpha value is -2.08. The highest BCUT2D eigenvalue weighted by atomic mass is 35.5. The first-order valence-electron chi connectivity index (χ1n) is 8.26. The van der Waals surface area contributed by atoms with Crippen molar-refractivity contribution in [2.75, 3.05) is 26.7 Å². The average molecular weight is 369 g/mol. The topological polar surface area (TPSA) is 75.7 Å². The van der Waals surface area contributed by atoms with Crippen molar-refractivity contribution in [3.63, 3.8) is 0 Å². The van der Waals surface area contributed by atoms with Gasteiger partial charge in [-0.15, -0.1) is 0 Å². The Morgan fingerprint density at radius 2 is 1.80 bits per heavy atom. The molecule has 1 rings (SSSR count). The van der Waals surface area contributed by atoms with Crippen LogP contribution in [0.1, 0.15) is 31.7 Å². The van der Waals surface area contributed by atoms with Gasteiger partial charge in [0.1, 0.15) is 0 Å². The molecule has 7 heteroatoms. The second-order valence-corrected chi connectivity index (χ2v) is 6.11. The number of carbonyl (C=O) groups excluding carboxylic acids is 3. The predicted octanol–water partition coefficient (Wildman–Crippen LogP) is 2.19. The Bertz CT molecular complexity index is 575. The molecule has 0 heterocycles. The number of nitrogens with one attached hydrogen (secondary N) is 1. The summed E-state index contributed by atoms with van der Waals surface area (Å²) < 4.78 is 4.61. The number of carbonyl (C=O) groups is 3.